The Labute approximate surface area is 227 Å². The van der Waals surface area contributed by atoms with Crippen LogP contribution in [0.3, 0.4) is 0 Å². The van der Waals surface area contributed by atoms with Gasteiger partial charge in [0.15, 0.2) is 11.6 Å². The Morgan fingerprint density at radius 1 is 0.774 bits per heavy atom. The van der Waals surface area contributed by atoms with Gasteiger partial charge in [-0.05, 0) is 46.3 Å². The quantitative estimate of drug-likeness (QED) is 0.390. The number of benzene rings is 2. The Morgan fingerprint density at radius 3 is 1.39 bits per heavy atom. The third-order valence-electron chi connectivity index (χ3n) is 3.63. The fraction of sp³-hybridized carbons (Fsp3) is 0.292. The Kier molecular flexibility index (Phi) is 19.1. The van der Waals surface area contributed by atoms with E-state index in [1.807, 2.05) is 48.5 Å². The first kappa shape index (κ1) is 34.3. The van der Waals surface area contributed by atoms with Crippen molar-refractivity contribution in [1.29, 1.82) is 0 Å². The van der Waals surface area contributed by atoms with E-state index in [0.29, 0.717) is 0 Å². The molecule has 6 nitrogen and oxygen atoms in total. The molecule has 0 fully saturated rings. The van der Waals surface area contributed by atoms with Crippen LogP contribution in [0.15, 0.2) is 66.7 Å². The van der Waals surface area contributed by atoms with Gasteiger partial charge >= 0.3 is 51.4 Å². The second-order valence-corrected chi connectivity index (χ2v) is 7.31. The molecule has 0 heterocycles. The zero-order valence-electron chi connectivity index (χ0n) is 19.1. The summed E-state index contributed by atoms with van der Waals surface area (Å²) in [6, 6.07) is 18.6. The van der Waals surface area contributed by atoms with E-state index in [4.69, 9.17) is 5.11 Å². The third kappa shape index (κ3) is 18.0. The van der Waals surface area contributed by atoms with Crippen molar-refractivity contribution >= 4 is 23.9 Å². The molecule has 2 aromatic rings. The van der Waals surface area contributed by atoms with Crippen LogP contribution in [0.5, 0.6) is 0 Å². The number of rotatable bonds is 5. The molecule has 0 spiro atoms. The van der Waals surface area contributed by atoms with Gasteiger partial charge in [0.1, 0.15) is 17.5 Å². The zero-order chi connectivity index (χ0) is 22.5. The van der Waals surface area contributed by atoms with E-state index < -0.39 is 11.2 Å². The number of aliphatic hydroxyl groups is 2. The van der Waals surface area contributed by atoms with Crippen LogP contribution in [-0.4, -0.2) is 44.7 Å². The van der Waals surface area contributed by atoms with Crippen molar-refractivity contribution in [2.24, 2.45) is 0 Å². The van der Waals surface area contributed by atoms with Crippen molar-refractivity contribution in [2.75, 3.05) is 0 Å². The Hall–Kier alpha value is -1.29. The minimum absolute atomic E-state index is 0. The fourth-order valence-electron chi connectivity index (χ4n) is 1.47. The molecule has 0 aliphatic heterocycles. The average Bonchev–Trinajstić information content (AvgIpc) is 2.67. The van der Waals surface area contributed by atoms with E-state index >= 15 is 0 Å². The van der Waals surface area contributed by atoms with E-state index in [1.165, 1.54) is 40.7 Å². The molecule has 3 N–H and O–H groups in total. The smallest absolute Gasteiger partial charge is 0.870 e. The fourth-order valence-corrected chi connectivity index (χ4v) is 1.47. The summed E-state index contributed by atoms with van der Waals surface area (Å²) in [6.07, 6.45) is 3.93. The first-order chi connectivity index (χ1) is 13.4. The molecule has 0 unspecified atom stereocenters. The molecule has 0 aliphatic rings. The van der Waals surface area contributed by atoms with Crippen molar-refractivity contribution < 1.29 is 81.5 Å². The number of carbonyl (C=O) groups excluding carboxylic acids is 3. The molecule has 0 saturated carbocycles. The monoisotopic (exact) mass is 454 g/mol. The van der Waals surface area contributed by atoms with Crippen molar-refractivity contribution in [3.63, 3.8) is 0 Å². The van der Waals surface area contributed by atoms with Crippen molar-refractivity contribution in [3.8, 4) is 0 Å². The van der Waals surface area contributed by atoms with Gasteiger partial charge in [0.2, 0.25) is 0 Å². The Bertz CT molecular complexity index is 788. The summed E-state index contributed by atoms with van der Waals surface area (Å²) in [5.41, 5.74) is -0.747. The number of aldehydes is 1. The minimum Gasteiger partial charge on any atom is -0.870 e. The zero-order valence-corrected chi connectivity index (χ0v) is 22.2. The maximum Gasteiger partial charge on any atom is 1.00 e. The summed E-state index contributed by atoms with van der Waals surface area (Å²) in [4.78, 5) is 31.5. The molecule has 2 rings (SSSR count). The maximum atomic E-state index is 11.3. The van der Waals surface area contributed by atoms with Gasteiger partial charge in [-0.2, -0.15) is 0 Å². The van der Waals surface area contributed by atoms with Crippen molar-refractivity contribution in [1.82, 2.24) is 0 Å². The molecule has 0 bridgehead atoms. The molecular weight excluding hydrogens is 423 g/mol. The van der Waals surface area contributed by atoms with Crippen LogP contribution in [0.1, 0.15) is 50.5 Å². The summed E-state index contributed by atoms with van der Waals surface area (Å²) in [7, 11) is 0. The summed E-state index contributed by atoms with van der Waals surface area (Å²) in [5, 5.41) is 18.1. The number of Topliss-reactive ketones (excluding diaryl/α,β-unsaturated/α-hetero) is 1. The normalized spacial score (nSPS) is 10.2. The topological polar surface area (TPSA) is 122 Å². The number of hydrogen-bond acceptors (Lipinski definition) is 6. The molecule has 0 aliphatic carbocycles. The molecule has 2 aromatic carbocycles. The molecule has 0 radical (unpaired) electrons. The van der Waals surface area contributed by atoms with Crippen LogP contribution in [0.25, 0.3) is 6.08 Å². The second kappa shape index (κ2) is 17.3. The van der Waals surface area contributed by atoms with E-state index in [9.17, 15) is 19.5 Å². The predicted molar refractivity (Wildman–Crippen MR) is 118 cm³/mol. The van der Waals surface area contributed by atoms with Crippen molar-refractivity contribution in [2.45, 2.75) is 45.8 Å². The minimum atomic E-state index is -1.29. The van der Waals surface area contributed by atoms with Gasteiger partial charge in [0.05, 0.1) is 0 Å². The van der Waals surface area contributed by atoms with Gasteiger partial charge < -0.3 is 15.7 Å². The molecular formula is C24H31KO6. The first-order valence-corrected chi connectivity index (χ1v) is 9.11. The molecule has 31 heavy (non-hydrogen) atoms. The molecule has 0 amide bonds. The van der Waals surface area contributed by atoms with Crippen LogP contribution in [0.4, 0.5) is 0 Å². The molecule has 0 saturated heterocycles. The van der Waals surface area contributed by atoms with Gasteiger partial charge in [-0.1, -0.05) is 66.7 Å². The Morgan fingerprint density at radius 2 is 1.13 bits per heavy atom. The summed E-state index contributed by atoms with van der Waals surface area (Å²) < 4.78 is 0. The molecule has 164 valence electrons. The maximum absolute atomic E-state index is 11.3. The third-order valence-corrected chi connectivity index (χ3v) is 3.63. The van der Waals surface area contributed by atoms with Gasteiger partial charge in [0.25, 0.3) is 0 Å². The SMILES string of the molecule is CC(=O)C(C)(C)O.CC(C)(O)C(=O)C=Cc1ccccc1.O=Cc1ccccc1.[K+].[OH-]. The van der Waals surface area contributed by atoms with E-state index in [1.54, 1.807) is 18.2 Å². The molecule has 7 heteroatoms. The van der Waals surface area contributed by atoms with Gasteiger partial charge in [-0.25, -0.2) is 0 Å². The van der Waals surface area contributed by atoms with E-state index in [2.05, 4.69) is 0 Å². The van der Waals surface area contributed by atoms with Crippen LogP contribution in [-0.2, 0) is 9.59 Å². The average molecular weight is 455 g/mol. The van der Waals surface area contributed by atoms with E-state index in [0.717, 1.165) is 17.4 Å². The second-order valence-electron chi connectivity index (χ2n) is 7.31. The number of carbonyl (C=O) groups is 3. The molecule has 0 aromatic heterocycles. The van der Waals surface area contributed by atoms with Crippen LogP contribution < -0.4 is 51.4 Å². The summed E-state index contributed by atoms with van der Waals surface area (Å²) >= 11 is 0. The predicted octanol–water partition coefficient (Wildman–Crippen LogP) is 0.712. The van der Waals surface area contributed by atoms with Crippen LogP contribution >= 0.6 is 0 Å². The van der Waals surface area contributed by atoms with Gasteiger partial charge in [-0.15, -0.1) is 0 Å². The number of hydrogen-bond donors (Lipinski definition) is 2. The van der Waals surface area contributed by atoms with Crippen molar-refractivity contribution in [3.05, 3.63) is 77.9 Å². The molecule has 0 atom stereocenters. The largest absolute Gasteiger partial charge is 1.00 e. The number of ketones is 2. The van der Waals surface area contributed by atoms with E-state index in [-0.39, 0.29) is 68.4 Å². The Balaban J connectivity index is -0.000000398. The van der Waals surface area contributed by atoms with Gasteiger partial charge in [-0.3, -0.25) is 14.4 Å². The van der Waals surface area contributed by atoms with Crippen LogP contribution in [0, 0.1) is 0 Å². The van der Waals surface area contributed by atoms with Crippen LogP contribution in [0.2, 0.25) is 0 Å². The first-order valence-electron chi connectivity index (χ1n) is 9.11. The van der Waals surface area contributed by atoms with Gasteiger partial charge in [0, 0.05) is 5.56 Å². The standard InChI is InChI=1S/C12H14O2.C7H6O.C5H10O2.K.H2O/c1-12(2,14)11(13)9-8-10-6-4-3-5-7-10;8-6-7-4-2-1-3-5-7;1-4(6)5(2,3)7;;/h3-9,14H,1-2H3;1-6H;7H,1-3H3;;1H2/q;;;+1;/p-1. The summed E-state index contributed by atoms with van der Waals surface area (Å²) in [5.74, 6) is -0.492. The summed E-state index contributed by atoms with van der Waals surface area (Å²) in [6.45, 7) is 7.25.